The maximum absolute atomic E-state index is 12.3. The number of aromatic nitrogens is 1. The fourth-order valence-electron chi connectivity index (χ4n) is 2.80. The lowest BCUT2D eigenvalue weighted by Crippen LogP contribution is -2.39. The molecule has 1 aromatic carbocycles. The molecule has 4 heteroatoms. The Hall–Kier alpha value is -2.20. The molecular weight excluding hydrogens is 274 g/mol. The van der Waals surface area contributed by atoms with Crippen LogP contribution in [0.15, 0.2) is 42.6 Å². The Bertz CT molecular complexity index is 667. The van der Waals surface area contributed by atoms with Crippen LogP contribution >= 0.6 is 0 Å². The lowest BCUT2D eigenvalue weighted by Gasteiger charge is -2.28. The first-order chi connectivity index (χ1) is 10.6. The molecule has 0 saturated heterocycles. The van der Waals surface area contributed by atoms with Crippen molar-refractivity contribution < 1.29 is 4.79 Å². The van der Waals surface area contributed by atoms with Crippen molar-refractivity contribution in [2.24, 2.45) is 0 Å². The molecule has 2 heterocycles. The number of amides is 1. The molecule has 2 aromatic rings. The van der Waals surface area contributed by atoms with Crippen LogP contribution < -0.4 is 10.6 Å². The van der Waals surface area contributed by atoms with E-state index < -0.39 is 0 Å². The Morgan fingerprint density at radius 2 is 2.18 bits per heavy atom. The first kappa shape index (κ1) is 14.7. The largest absolute Gasteiger partial charge is 0.343 e. The minimum absolute atomic E-state index is 0.0144. The van der Waals surface area contributed by atoms with Crippen molar-refractivity contribution in [2.75, 3.05) is 6.54 Å². The number of benzene rings is 1. The summed E-state index contributed by atoms with van der Waals surface area (Å²) in [6.07, 6.45) is 1.64. The summed E-state index contributed by atoms with van der Waals surface area (Å²) in [5.41, 5.74) is 4.25. The van der Waals surface area contributed by atoms with Crippen LogP contribution in [0.4, 0.5) is 0 Å². The zero-order chi connectivity index (χ0) is 15.5. The summed E-state index contributed by atoms with van der Waals surface area (Å²) in [6, 6.07) is 11.9. The van der Waals surface area contributed by atoms with Crippen LogP contribution in [0.3, 0.4) is 0 Å². The number of pyridine rings is 1. The first-order valence-corrected chi connectivity index (χ1v) is 7.70. The molecule has 0 spiro atoms. The molecule has 3 rings (SSSR count). The maximum Gasteiger partial charge on any atom is 0.270 e. The van der Waals surface area contributed by atoms with Crippen LogP contribution in [0.2, 0.25) is 0 Å². The van der Waals surface area contributed by atoms with E-state index >= 15 is 0 Å². The van der Waals surface area contributed by atoms with Crippen LogP contribution in [0.1, 0.15) is 53.0 Å². The van der Waals surface area contributed by atoms with E-state index in [-0.39, 0.29) is 11.9 Å². The number of hydrogen-bond donors (Lipinski definition) is 2. The van der Waals surface area contributed by atoms with Crippen LogP contribution in [0.5, 0.6) is 0 Å². The molecule has 0 radical (unpaired) electrons. The molecule has 0 fully saturated rings. The molecule has 22 heavy (non-hydrogen) atoms. The van der Waals surface area contributed by atoms with Gasteiger partial charge in [-0.3, -0.25) is 9.78 Å². The average Bonchev–Trinajstić information content (AvgIpc) is 2.55. The summed E-state index contributed by atoms with van der Waals surface area (Å²) in [7, 11) is 0. The first-order valence-electron chi connectivity index (χ1n) is 7.70. The minimum atomic E-state index is -0.131. The predicted molar refractivity (Wildman–Crippen MR) is 86.7 cm³/mol. The molecule has 1 unspecified atom stereocenters. The molecule has 1 aliphatic heterocycles. The fourth-order valence-corrected chi connectivity index (χ4v) is 2.80. The highest BCUT2D eigenvalue weighted by atomic mass is 16.1. The van der Waals surface area contributed by atoms with Crippen molar-refractivity contribution in [3.63, 3.8) is 0 Å². The van der Waals surface area contributed by atoms with Crippen molar-refractivity contribution in [3.05, 3.63) is 65.0 Å². The highest BCUT2D eigenvalue weighted by molar-refractivity contribution is 5.92. The van der Waals surface area contributed by atoms with E-state index in [1.807, 2.05) is 12.1 Å². The molecule has 114 valence electrons. The SMILES string of the molecule is CC(C)c1ccc2c(c1)CNCC2NC(=O)c1ccccn1. The van der Waals surface area contributed by atoms with E-state index in [1.54, 1.807) is 12.3 Å². The number of carbonyl (C=O) groups excluding carboxylic acids is 1. The van der Waals surface area contributed by atoms with Crippen LogP contribution in [-0.4, -0.2) is 17.4 Å². The molecule has 1 atom stereocenters. The second-order valence-corrected chi connectivity index (χ2v) is 5.98. The van der Waals surface area contributed by atoms with Crippen molar-refractivity contribution in [2.45, 2.75) is 32.4 Å². The molecular formula is C18H21N3O. The third-order valence-corrected chi connectivity index (χ3v) is 4.08. The van der Waals surface area contributed by atoms with Crippen molar-refractivity contribution in [1.29, 1.82) is 0 Å². The van der Waals surface area contributed by atoms with Gasteiger partial charge < -0.3 is 10.6 Å². The molecule has 0 aliphatic carbocycles. The smallest absolute Gasteiger partial charge is 0.270 e. The maximum atomic E-state index is 12.3. The van der Waals surface area contributed by atoms with E-state index in [9.17, 15) is 4.79 Å². The minimum Gasteiger partial charge on any atom is -0.343 e. The molecule has 0 bridgehead atoms. The number of nitrogens with zero attached hydrogens (tertiary/aromatic N) is 1. The van der Waals surface area contributed by atoms with Gasteiger partial charge >= 0.3 is 0 Å². The van der Waals surface area contributed by atoms with Crippen LogP contribution in [0, 0.1) is 0 Å². The van der Waals surface area contributed by atoms with Gasteiger partial charge in [-0.25, -0.2) is 0 Å². The Morgan fingerprint density at radius 3 is 2.91 bits per heavy atom. The number of rotatable bonds is 3. The van der Waals surface area contributed by atoms with E-state index in [2.05, 4.69) is 47.7 Å². The fraction of sp³-hybridized carbons (Fsp3) is 0.333. The van der Waals surface area contributed by atoms with Gasteiger partial charge in [-0.2, -0.15) is 0 Å². The Morgan fingerprint density at radius 1 is 1.32 bits per heavy atom. The predicted octanol–water partition coefficient (Wildman–Crippen LogP) is 2.78. The summed E-state index contributed by atoms with van der Waals surface area (Å²) < 4.78 is 0. The number of nitrogens with one attached hydrogen (secondary N) is 2. The second kappa shape index (κ2) is 6.28. The summed E-state index contributed by atoms with van der Waals surface area (Å²) in [6.45, 7) is 5.98. The molecule has 1 amide bonds. The summed E-state index contributed by atoms with van der Waals surface area (Å²) in [5.74, 6) is 0.377. The van der Waals surface area contributed by atoms with Gasteiger partial charge in [0.15, 0.2) is 0 Å². The molecule has 1 aromatic heterocycles. The summed E-state index contributed by atoms with van der Waals surface area (Å²) >= 11 is 0. The Labute approximate surface area is 131 Å². The summed E-state index contributed by atoms with van der Waals surface area (Å²) in [5, 5.41) is 6.45. The third kappa shape index (κ3) is 3.02. The molecule has 1 aliphatic rings. The van der Waals surface area contributed by atoms with Gasteiger partial charge in [0, 0.05) is 19.3 Å². The van der Waals surface area contributed by atoms with Crippen LogP contribution in [0.25, 0.3) is 0 Å². The topological polar surface area (TPSA) is 54.0 Å². The van der Waals surface area contributed by atoms with Crippen molar-refractivity contribution >= 4 is 5.91 Å². The van der Waals surface area contributed by atoms with E-state index in [0.717, 1.165) is 13.1 Å². The van der Waals surface area contributed by atoms with Gasteiger partial charge in [0.2, 0.25) is 0 Å². The normalized spacial score (nSPS) is 17.1. The summed E-state index contributed by atoms with van der Waals surface area (Å²) in [4.78, 5) is 16.4. The Balaban J connectivity index is 1.81. The zero-order valence-electron chi connectivity index (χ0n) is 13.0. The number of hydrogen-bond acceptors (Lipinski definition) is 3. The van der Waals surface area contributed by atoms with Gasteiger partial charge in [-0.1, -0.05) is 38.1 Å². The monoisotopic (exact) mass is 295 g/mol. The van der Waals surface area contributed by atoms with E-state index in [0.29, 0.717) is 11.6 Å². The molecule has 2 N–H and O–H groups in total. The standard InChI is InChI=1S/C18H21N3O/c1-12(2)13-6-7-15-14(9-13)10-19-11-17(15)21-18(22)16-5-3-4-8-20-16/h3-9,12,17,19H,10-11H2,1-2H3,(H,21,22). The van der Waals surface area contributed by atoms with Crippen molar-refractivity contribution in [3.8, 4) is 0 Å². The second-order valence-electron chi connectivity index (χ2n) is 5.98. The number of fused-ring (bicyclic) bond motifs is 1. The highest BCUT2D eigenvalue weighted by Crippen LogP contribution is 2.26. The van der Waals surface area contributed by atoms with E-state index in [4.69, 9.17) is 0 Å². The lowest BCUT2D eigenvalue weighted by molar-refractivity contribution is 0.0929. The molecule has 0 saturated carbocycles. The van der Waals surface area contributed by atoms with Gasteiger partial charge in [0.25, 0.3) is 5.91 Å². The number of carbonyl (C=O) groups is 1. The van der Waals surface area contributed by atoms with E-state index in [1.165, 1.54) is 16.7 Å². The quantitative estimate of drug-likeness (QED) is 0.915. The van der Waals surface area contributed by atoms with Gasteiger partial charge in [0.05, 0.1) is 6.04 Å². The van der Waals surface area contributed by atoms with Gasteiger partial charge in [0.1, 0.15) is 5.69 Å². The van der Waals surface area contributed by atoms with Crippen LogP contribution in [-0.2, 0) is 6.54 Å². The average molecular weight is 295 g/mol. The van der Waals surface area contributed by atoms with Crippen molar-refractivity contribution in [1.82, 2.24) is 15.6 Å². The van der Waals surface area contributed by atoms with Gasteiger partial charge in [-0.05, 0) is 34.7 Å². The molecule has 4 nitrogen and oxygen atoms in total. The van der Waals surface area contributed by atoms with Gasteiger partial charge in [-0.15, -0.1) is 0 Å². The third-order valence-electron chi connectivity index (χ3n) is 4.08. The Kier molecular flexibility index (Phi) is 4.20. The highest BCUT2D eigenvalue weighted by Gasteiger charge is 2.22. The lowest BCUT2D eigenvalue weighted by atomic mass is 9.91. The zero-order valence-corrected chi connectivity index (χ0v) is 13.0.